The van der Waals surface area contributed by atoms with Crippen LogP contribution in [-0.4, -0.2) is 46.1 Å². The van der Waals surface area contributed by atoms with Crippen LogP contribution in [0.1, 0.15) is 12.1 Å². The van der Waals surface area contributed by atoms with E-state index in [2.05, 4.69) is 20.2 Å². The molecule has 2 aliphatic heterocycles. The van der Waals surface area contributed by atoms with Crippen molar-refractivity contribution in [1.29, 1.82) is 0 Å². The summed E-state index contributed by atoms with van der Waals surface area (Å²) >= 11 is 0. The lowest BCUT2D eigenvalue weighted by Gasteiger charge is -2.32. The van der Waals surface area contributed by atoms with Crippen molar-refractivity contribution in [2.45, 2.75) is 25.2 Å². The largest absolute Gasteiger partial charge is 0.371 e. The smallest absolute Gasteiger partial charge is 0.230 e. The molecule has 1 N–H and O–H groups in total. The average Bonchev–Trinajstić information content (AvgIpc) is 2.91. The Bertz CT molecular complexity index is 695. The van der Waals surface area contributed by atoms with Crippen LogP contribution in [0.25, 0.3) is 0 Å². The summed E-state index contributed by atoms with van der Waals surface area (Å²) in [6.45, 7) is 2.41. The summed E-state index contributed by atoms with van der Waals surface area (Å²) in [5.41, 5.74) is 1.78. The number of nitrogens with one attached hydrogen (secondary N) is 1. The highest BCUT2D eigenvalue weighted by atomic mass is 16.5. The van der Waals surface area contributed by atoms with Gasteiger partial charge in [0.05, 0.1) is 35.7 Å². The molecule has 0 radical (unpaired) electrons. The lowest BCUT2D eigenvalue weighted by molar-refractivity contribution is -0.123. The molecule has 2 saturated heterocycles. The summed E-state index contributed by atoms with van der Waals surface area (Å²) in [4.78, 5) is 23.3. The summed E-state index contributed by atoms with van der Waals surface area (Å²) in [5.74, 6) is -0.0841. The van der Waals surface area contributed by atoms with E-state index in [0.29, 0.717) is 0 Å². The van der Waals surface area contributed by atoms with Gasteiger partial charge in [-0.1, -0.05) is 6.07 Å². The highest BCUT2D eigenvalue weighted by Gasteiger charge is 2.44. The molecule has 6 nitrogen and oxygen atoms in total. The minimum atomic E-state index is -0.107. The number of carbonyl (C=O) groups is 1. The predicted molar refractivity (Wildman–Crippen MR) is 89.1 cm³/mol. The van der Waals surface area contributed by atoms with Crippen molar-refractivity contribution >= 4 is 11.6 Å². The first-order valence-corrected chi connectivity index (χ1v) is 8.26. The topological polar surface area (TPSA) is 67.4 Å². The van der Waals surface area contributed by atoms with Crippen molar-refractivity contribution < 1.29 is 9.53 Å². The van der Waals surface area contributed by atoms with Crippen molar-refractivity contribution in [3.8, 4) is 0 Å². The number of amides is 1. The minimum Gasteiger partial charge on any atom is -0.371 e. The zero-order chi connectivity index (χ0) is 16.4. The van der Waals surface area contributed by atoms with E-state index in [4.69, 9.17) is 4.74 Å². The fraction of sp³-hybridized carbons (Fsp3) is 0.389. The average molecular weight is 324 g/mol. The third-order valence-electron chi connectivity index (χ3n) is 4.61. The van der Waals surface area contributed by atoms with E-state index in [1.54, 1.807) is 12.4 Å². The van der Waals surface area contributed by atoms with Crippen molar-refractivity contribution in [3.63, 3.8) is 0 Å². The van der Waals surface area contributed by atoms with Gasteiger partial charge in [0.2, 0.25) is 5.91 Å². The van der Waals surface area contributed by atoms with Crippen LogP contribution in [-0.2, 0) is 16.1 Å². The summed E-state index contributed by atoms with van der Waals surface area (Å²) in [6, 6.07) is 9.62. The Morgan fingerprint density at radius 3 is 3.00 bits per heavy atom. The van der Waals surface area contributed by atoms with Crippen LogP contribution in [0.3, 0.4) is 0 Å². The molecule has 0 aliphatic carbocycles. The number of morpholine rings is 1. The van der Waals surface area contributed by atoms with Gasteiger partial charge in [0.25, 0.3) is 0 Å². The molecule has 2 bridgehead atoms. The Kier molecular flexibility index (Phi) is 4.23. The summed E-state index contributed by atoms with van der Waals surface area (Å²) in [6.07, 6.45) is 6.01. The van der Waals surface area contributed by atoms with E-state index < -0.39 is 0 Å². The molecule has 0 unspecified atom stereocenters. The van der Waals surface area contributed by atoms with Crippen LogP contribution in [0.5, 0.6) is 0 Å². The number of anilines is 1. The van der Waals surface area contributed by atoms with E-state index in [-0.39, 0.29) is 24.0 Å². The Balaban J connectivity index is 1.39. The van der Waals surface area contributed by atoms with Crippen LogP contribution < -0.4 is 5.32 Å². The Morgan fingerprint density at radius 2 is 2.21 bits per heavy atom. The van der Waals surface area contributed by atoms with Crippen LogP contribution in [0.4, 0.5) is 5.69 Å². The van der Waals surface area contributed by atoms with Gasteiger partial charge in [0.15, 0.2) is 0 Å². The molecule has 0 spiro atoms. The van der Waals surface area contributed by atoms with Gasteiger partial charge in [-0.05, 0) is 30.7 Å². The molecule has 4 heterocycles. The summed E-state index contributed by atoms with van der Waals surface area (Å²) in [7, 11) is 0. The van der Waals surface area contributed by atoms with E-state index in [0.717, 1.165) is 37.4 Å². The second-order valence-corrected chi connectivity index (χ2v) is 6.38. The molecule has 0 saturated carbocycles. The van der Waals surface area contributed by atoms with Crippen molar-refractivity contribution in [2.75, 3.05) is 18.4 Å². The second-order valence-electron chi connectivity index (χ2n) is 6.38. The fourth-order valence-corrected chi connectivity index (χ4v) is 3.53. The maximum atomic E-state index is 12.6. The number of nitrogens with zero attached hydrogens (tertiary/aromatic N) is 3. The van der Waals surface area contributed by atoms with E-state index >= 15 is 0 Å². The second kappa shape index (κ2) is 6.67. The molecule has 2 aromatic rings. The standard InChI is InChI=1S/C18H20N4O2/c23-18(21-13-5-3-6-19-9-13)16-8-15-11-22(12-17(16)24-15)10-14-4-1-2-7-20-14/h1-7,9,15-17H,8,10-12H2,(H,21,23)/t15-,16+,17+/m0/s1. The molecule has 124 valence electrons. The third kappa shape index (κ3) is 3.29. The predicted octanol–water partition coefficient (Wildman–Crippen LogP) is 1.70. The number of likely N-dealkylation sites (tertiary alicyclic amines) is 1. The van der Waals surface area contributed by atoms with E-state index in [1.165, 1.54) is 0 Å². The molecule has 1 amide bonds. The lowest BCUT2D eigenvalue weighted by atomic mass is 9.99. The number of hydrogen-bond donors (Lipinski definition) is 1. The molecule has 2 aromatic heterocycles. The first-order chi connectivity index (χ1) is 11.8. The summed E-state index contributed by atoms with van der Waals surface area (Å²) in [5, 5.41) is 2.95. The minimum absolute atomic E-state index is 0.0233. The maximum absolute atomic E-state index is 12.6. The number of hydrogen-bond acceptors (Lipinski definition) is 5. The van der Waals surface area contributed by atoms with Gasteiger partial charge < -0.3 is 10.1 Å². The molecule has 24 heavy (non-hydrogen) atoms. The number of carbonyl (C=O) groups excluding carboxylic acids is 1. The van der Waals surface area contributed by atoms with Crippen molar-refractivity contribution in [3.05, 3.63) is 54.6 Å². The van der Waals surface area contributed by atoms with Gasteiger partial charge in [0.1, 0.15) is 0 Å². The van der Waals surface area contributed by atoms with Gasteiger partial charge in [-0.3, -0.25) is 19.7 Å². The number of aromatic nitrogens is 2. The van der Waals surface area contributed by atoms with E-state index in [1.807, 2.05) is 36.5 Å². The van der Waals surface area contributed by atoms with Gasteiger partial charge in [-0.25, -0.2) is 0 Å². The van der Waals surface area contributed by atoms with Crippen LogP contribution in [0.2, 0.25) is 0 Å². The first kappa shape index (κ1) is 15.2. The van der Waals surface area contributed by atoms with Crippen molar-refractivity contribution in [1.82, 2.24) is 14.9 Å². The van der Waals surface area contributed by atoms with Crippen LogP contribution >= 0.6 is 0 Å². The summed E-state index contributed by atoms with van der Waals surface area (Å²) < 4.78 is 6.00. The number of rotatable bonds is 4. The highest BCUT2D eigenvalue weighted by Crippen LogP contribution is 2.33. The highest BCUT2D eigenvalue weighted by molar-refractivity contribution is 5.93. The SMILES string of the molecule is O=C(Nc1cccnc1)[C@@H]1C[C@H]2CN(Cc3ccccn3)C[C@H]1O2. The number of pyridine rings is 2. The Hall–Kier alpha value is -2.31. The molecule has 6 heteroatoms. The Morgan fingerprint density at radius 1 is 1.25 bits per heavy atom. The maximum Gasteiger partial charge on any atom is 0.230 e. The van der Waals surface area contributed by atoms with E-state index in [9.17, 15) is 4.79 Å². The zero-order valence-corrected chi connectivity index (χ0v) is 13.3. The molecular formula is C18H20N4O2. The first-order valence-electron chi connectivity index (χ1n) is 8.26. The third-order valence-corrected chi connectivity index (χ3v) is 4.61. The molecular weight excluding hydrogens is 304 g/mol. The monoisotopic (exact) mass is 324 g/mol. The van der Waals surface area contributed by atoms with Crippen LogP contribution in [0.15, 0.2) is 48.9 Å². The van der Waals surface area contributed by atoms with Crippen molar-refractivity contribution in [2.24, 2.45) is 5.92 Å². The molecule has 2 fully saturated rings. The quantitative estimate of drug-likeness (QED) is 0.927. The lowest BCUT2D eigenvalue weighted by Crippen LogP contribution is -2.44. The molecule has 3 atom stereocenters. The van der Waals surface area contributed by atoms with Gasteiger partial charge in [0, 0.05) is 32.0 Å². The van der Waals surface area contributed by atoms with Crippen LogP contribution in [0, 0.1) is 5.92 Å². The normalized spacial score (nSPS) is 26.2. The van der Waals surface area contributed by atoms with Gasteiger partial charge >= 0.3 is 0 Å². The van der Waals surface area contributed by atoms with Gasteiger partial charge in [-0.2, -0.15) is 0 Å². The zero-order valence-electron chi connectivity index (χ0n) is 13.3. The molecule has 4 rings (SSSR count). The number of fused-ring (bicyclic) bond motifs is 2. The number of ether oxygens (including phenoxy) is 1. The Labute approximate surface area is 140 Å². The fourth-order valence-electron chi connectivity index (χ4n) is 3.53. The molecule has 2 aliphatic rings. The van der Waals surface area contributed by atoms with Gasteiger partial charge in [-0.15, -0.1) is 0 Å². The molecule has 0 aromatic carbocycles.